The van der Waals surface area contributed by atoms with Gasteiger partial charge in [-0.25, -0.2) is 9.78 Å². The summed E-state index contributed by atoms with van der Waals surface area (Å²) in [5.41, 5.74) is 4.98. The molecule has 4 rings (SSSR count). The number of imidazole rings is 1. The largest absolute Gasteiger partial charge is 0.449 e. The number of aryl methyl sites for hydroxylation is 3. The molecule has 1 unspecified atom stereocenters. The van der Waals surface area contributed by atoms with E-state index in [4.69, 9.17) is 4.74 Å². The number of nitrogens with zero attached hydrogens (tertiary/aromatic N) is 2. The van der Waals surface area contributed by atoms with Crippen LogP contribution >= 0.6 is 0 Å². The summed E-state index contributed by atoms with van der Waals surface area (Å²) in [6.07, 6.45) is 3.99. The number of esters is 1. The molecule has 0 saturated heterocycles. The summed E-state index contributed by atoms with van der Waals surface area (Å²) < 4.78 is 7.20. The van der Waals surface area contributed by atoms with Gasteiger partial charge in [-0.05, 0) is 62.4 Å². The molecule has 0 spiro atoms. The zero-order valence-corrected chi connectivity index (χ0v) is 14.9. The predicted molar refractivity (Wildman–Crippen MR) is 97.6 cm³/mol. The quantitative estimate of drug-likeness (QED) is 0.534. The van der Waals surface area contributed by atoms with Crippen molar-refractivity contribution < 1.29 is 14.3 Å². The number of ether oxygens (including phenoxy) is 1. The number of aromatic nitrogens is 2. The summed E-state index contributed by atoms with van der Waals surface area (Å²) in [6, 6.07) is 11.4. The molecule has 1 aliphatic rings. The number of benzene rings is 1. The SMILES string of the molecule is Cc1cccc2nc(C(=O)OC(C)C(=O)c3ccc4c(c3)CCC4)cn12. The van der Waals surface area contributed by atoms with E-state index >= 15 is 0 Å². The number of fused-ring (bicyclic) bond motifs is 2. The number of ketones is 1. The first-order chi connectivity index (χ1) is 12.5. The molecule has 0 saturated carbocycles. The molecule has 2 aromatic heterocycles. The second-order valence-corrected chi connectivity index (χ2v) is 6.77. The molecule has 0 bridgehead atoms. The number of carbonyl (C=O) groups excluding carboxylic acids is 2. The zero-order valence-electron chi connectivity index (χ0n) is 14.9. The Bertz CT molecular complexity index is 1020. The van der Waals surface area contributed by atoms with Gasteiger partial charge in [0.2, 0.25) is 5.78 Å². The van der Waals surface area contributed by atoms with E-state index in [1.807, 2.05) is 47.7 Å². The van der Waals surface area contributed by atoms with E-state index in [1.165, 1.54) is 11.1 Å². The lowest BCUT2D eigenvalue weighted by molar-refractivity contribution is 0.0314. The van der Waals surface area contributed by atoms with Gasteiger partial charge in [0.05, 0.1) is 0 Å². The highest BCUT2D eigenvalue weighted by Gasteiger charge is 2.23. The lowest BCUT2D eigenvalue weighted by Crippen LogP contribution is -2.24. The van der Waals surface area contributed by atoms with Crippen molar-refractivity contribution in [3.8, 4) is 0 Å². The van der Waals surface area contributed by atoms with Crippen LogP contribution in [-0.4, -0.2) is 27.2 Å². The van der Waals surface area contributed by atoms with Crippen molar-refractivity contribution in [3.63, 3.8) is 0 Å². The van der Waals surface area contributed by atoms with Gasteiger partial charge in [-0.15, -0.1) is 0 Å². The van der Waals surface area contributed by atoms with Crippen molar-refractivity contribution >= 4 is 17.4 Å². The number of rotatable bonds is 4. The molecule has 26 heavy (non-hydrogen) atoms. The Morgan fingerprint density at radius 3 is 2.77 bits per heavy atom. The van der Waals surface area contributed by atoms with Crippen LogP contribution in [0.2, 0.25) is 0 Å². The van der Waals surface area contributed by atoms with Gasteiger partial charge in [0.25, 0.3) is 0 Å². The van der Waals surface area contributed by atoms with Gasteiger partial charge in [0.1, 0.15) is 5.65 Å². The van der Waals surface area contributed by atoms with Crippen LogP contribution in [0.1, 0.15) is 51.0 Å². The third-order valence-electron chi connectivity index (χ3n) is 4.94. The molecule has 1 atom stereocenters. The normalized spacial score (nSPS) is 14.2. The minimum absolute atomic E-state index is 0.187. The average Bonchev–Trinajstić information content (AvgIpc) is 3.27. The minimum atomic E-state index is -0.854. The second kappa shape index (κ2) is 6.41. The van der Waals surface area contributed by atoms with E-state index in [9.17, 15) is 9.59 Å². The van der Waals surface area contributed by atoms with Crippen LogP contribution in [0.4, 0.5) is 0 Å². The summed E-state index contributed by atoms with van der Waals surface area (Å²) in [7, 11) is 0. The third kappa shape index (κ3) is 2.90. The molecule has 0 aliphatic heterocycles. The maximum Gasteiger partial charge on any atom is 0.359 e. The van der Waals surface area contributed by atoms with Crippen molar-refractivity contribution in [2.75, 3.05) is 0 Å². The molecule has 3 aromatic rings. The third-order valence-corrected chi connectivity index (χ3v) is 4.94. The Morgan fingerprint density at radius 2 is 1.96 bits per heavy atom. The molecule has 5 nitrogen and oxygen atoms in total. The van der Waals surface area contributed by atoms with Crippen LogP contribution in [0.15, 0.2) is 42.6 Å². The Morgan fingerprint density at radius 1 is 1.15 bits per heavy atom. The van der Waals surface area contributed by atoms with E-state index in [2.05, 4.69) is 4.98 Å². The molecule has 5 heteroatoms. The van der Waals surface area contributed by atoms with Crippen molar-refractivity contribution in [1.29, 1.82) is 0 Å². The smallest absolute Gasteiger partial charge is 0.359 e. The van der Waals surface area contributed by atoms with Crippen LogP contribution < -0.4 is 0 Å². The number of carbonyl (C=O) groups is 2. The topological polar surface area (TPSA) is 60.7 Å². The molecule has 1 aromatic carbocycles. The van der Waals surface area contributed by atoms with Crippen LogP contribution in [0, 0.1) is 6.92 Å². The van der Waals surface area contributed by atoms with Crippen LogP contribution in [0.5, 0.6) is 0 Å². The lowest BCUT2D eigenvalue weighted by atomic mass is 10.0. The fourth-order valence-corrected chi connectivity index (χ4v) is 3.48. The van der Waals surface area contributed by atoms with Gasteiger partial charge in [-0.1, -0.05) is 18.2 Å². The highest BCUT2D eigenvalue weighted by Crippen LogP contribution is 2.23. The molecule has 0 N–H and O–H groups in total. The van der Waals surface area contributed by atoms with Gasteiger partial charge < -0.3 is 9.14 Å². The molecule has 132 valence electrons. The van der Waals surface area contributed by atoms with Gasteiger partial charge in [0.15, 0.2) is 11.8 Å². The van der Waals surface area contributed by atoms with Crippen LogP contribution in [0.3, 0.4) is 0 Å². The van der Waals surface area contributed by atoms with Crippen molar-refractivity contribution in [3.05, 3.63) is 70.7 Å². The Kier molecular flexibility index (Phi) is 4.07. The van der Waals surface area contributed by atoms with Gasteiger partial charge in [-0.2, -0.15) is 0 Å². The highest BCUT2D eigenvalue weighted by molar-refractivity contribution is 6.01. The molecule has 0 radical (unpaired) electrons. The summed E-state index contributed by atoms with van der Waals surface area (Å²) in [5, 5.41) is 0. The zero-order chi connectivity index (χ0) is 18.3. The molecule has 0 amide bonds. The Labute approximate surface area is 151 Å². The monoisotopic (exact) mass is 348 g/mol. The maximum absolute atomic E-state index is 12.6. The van der Waals surface area contributed by atoms with E-state index < -0.39 is 12.1 Å². The van der Waals surface area contributed by atoms with Gasteiger partial charge >= 0.3 is 5.97 Å². The van der Waals surface area contributed by atoms with E-state index in [-0.39, 0.29) is 11.5 Å². The summed E-state index contributed by atoms with van der Waals surface area (Å²) in [6.45, 7) is 3.54. The fraction of sp³-hybridized carbons (Fsp3) is 0.286. The molecule has 1 aliphatic carbocycles. The standard InChI is InChI=1S/C21H20N2O3/c1-13-5-3-8-19-22-18(12-23(13)19)21(25)26-14(2)20(24)17-10-9-15-6-4-7-16(15)11-17/h3,5,8-12,14H,4,6-7H2,1-2H3. The van der Waals surface area contributed by atoms with Crippen molar-refractivity contribution in [2.24, 2.45) is 0 Å². The first-order valence-electron chi connectivity index (χ1n) is 8.84. The summed E-state index contributed by atoms with van der Waals surface area (Å²) in [4.78, 5) is 29.3. The van der Waals surface area contributed by atoms with Gasteiger partial charge in [-0.3, -0.25) is 4.79 Å². The number of hydrogen-bond acceptors (Lipinski definition) is 4. The number of Topliss-reactive ketones (excluding diaryl/α,β-unsaturated/α-hetero) is 1. The van der Waals surface area contributed by atoms with Gasteiger partial charge in [0, 0.05) is 17.5 Å². The summed E-state index contributed by atoms with van der Waals surface area (Å²) >= 11 is 0. The molecular formula is C21H20N2O3. The molecule has 0 fully saturated rings. The van der Waals surface area contributed by atoms with E-state index in [0.717, 1.165) is 25.0 Å². The lowest BCUT2D eigenvalue weighted by Gasteiger charge is -2.12. The Hall–Kier alpha value is -2.95. The number of pyridine rings is 1. The van der Waals surface area contributed by atoms with Crippen molar-refractivity contribution in [1.82, 2.24) is 9.38 Å². The van der Waals surface area contributed by atoms with Crippen LogP contribution in [0.25, 0.3) is 5.65 Å². The number of hydrogen-bond donors (Lipinski definition) is 0. The molecule has 2 heterocycles. The first kappa shape index (κ1) is 16.5. The fourth-order valence-electron chi connectivity index (χ4n) is 3.48. The average molecular weight is 348 g/mol. The molecular weight excluding hydrogens is 328 g/mol. The predicted octanol–water partition coefficient (Wildman–Crippen LogP) is 3.56. The van der Waals surface area contributed by atoms with Crippen LogP contribution in [-0.2, 0) is 17.6 Å². The summed E-state index contributed by atoms with van der Waals surface area (Å²) in [5.74, 6) is -0.775. The Balaban J connectivity index is 1.51. The second-order valence-electron chi connectivity index (χ2n) is 6.77. The van der Waals surface area contributed by atoms with Crippen molar-refractivity contribution in [2.45, 2.75) is 39.2 Å². The maximum atomic E-state index is 12.6. The van der Waals surface area contributed by atoms with E-state index in [1.54, 1.807) is 13.1 Å². The minimum Gasteiger partial charge on any atom is -0.449 e. The first-order valence-corrected chi connectivity index (χ1v) is 8.84. The van der Waals surface area contributed by atoms with E-state index in [0.29, 0.717) is 11.2 Å². The highest BCUT2D eigenvalue weighted by atomic mass is 16.5.